The molecule has 0 aromatic heterocycles. The zero-order chi connectivity index (χ0) is 18.6. The van der Waals surface area contributed by atoms with Crippen molar-refractivity contribution in [3.8, 4) is 5.75 Å². The number of ether oxygens (including phenoxy) is 1. The second-order valence-corrected chi connectivity index (χ2v) is 7.65. The summed E-state index contributed by atoms with van der Waals surface area (Å²) in [6.45, 7) is 4.16. The van der Waals surface area contributed by atoms with Gasteiger partial charge in [0.25, 0.3) is 0 Å². The predicted octanol–water partition coefficient (Wildman–Crippen LogP) is 3.11. The fourth-order valence-electron chi connectivity index (χ4n) is 4.34. The molecule has 0 aliphatic carbocycles. The number of nitrogens with zero attached hydrogens (tertiary/aromatic N) is 2. The number of carbonyl (C=O) groups excluding carboxylic acids is 1. The van der Waals surface area contributed by atoms with Gasteiger partial charge in [0.15, 0.2) is 0 Å². The molecule has 142 valence electrons. The number of amides is 1. The molecule has 0 spiro atoms. The average Bonchev–Trinajstić information content (AvgIpc) is 3.06. The van der Waals surface area contributed by atoms with Gasteiger partial charge in [-0.2, -0.15) is 0 Å². The first-order valence-electron chi connectivity index (χ1n) is 9.94. The molecule has 2 aromatic rings. The van der Waals surface area contributed by atoms with E-state index in [1.165, 1.54) is 16.7 Å². The summed E-state index contributed by atoms with van der Waals surface area (Å²) < 4.78 is 5.34. The van der Waals surface area contributed by atoms with Gasteiger partial charge >= 0.3 is 0 Å². The molecule has 4 nitrogen and oxygen atoms in total. The minimum Gasteiger partial charge on any atom is -0.497 e. The van der Waals surface area contributed by atoms with Crippen LogP contribution in [0.25, 0.3) is 0 Å². The molecule has 1 saturated heterocycles. The molecule has 4 heteroatoms. The van der Waals surface area contributed by atoms with Gasteiger partial charge in [0.2, 0.25) is 5.91 Å². The topological polar surface area (TPSA) is 32.8 Å². The van der Waals surface area contributed by atoms with Crippen molar-refractivity contribution in [3.05, 3.63) is 65.2 Å². The molecule has 2 aliphatic rings. The van der Waals surface area contributed by atoms with Gasteiger partial charge in [0.05, 0.1) is 13.7 Å². The Morgan fingerprint density at radius 3 is 2.59 bits per heavy atom. The zero-order valence-electron chi connectivity index (χ0n) is 16.1. The van der Waals surface area contributed by atoms with E-state index in [2.05, 4.69) is 47.4 Å². The summed E-state index contributed by atoms with van der Waals surface area (Å²) in [7, 11) is 1.70. The average molecular weight is 364 g/mol. The van der Waals surface area contributed by atoms with E-state index in [1.54, 1.807) is 7.11 Å². The van der Waals surface area contributed by atoms with Crippen molar-refractivity contribution in [2.75, 3.05) is 39.8 Å². The minimum atomic E-state index is 0.267. The third-order valence-electron chi connectivity index (χ3n) is 5.97. The Morgan fingerprint density at radius 2 is 1.81 bits per heavy atom. The van der Waals surface area contributed by atoms with Crippen LogP contribution in [0.15, 0.2) is 48.5 Å². The number of hydrogen-bond acceptors (Lipinski definition) is 3. The summed E-state index contributed by atoms with van der Waals surface area (Å²) in [5.41, 5.74) is 4.05. The summed E-state index contributed by atoms with van der Waals surface area (Å²) in [4.78, 5) is 17.2. The second-order valence-electron chi connectivity index (χ2n) is 7.65. The van der Waals surface area contributed by atoms with E-state index in [9.17, 15) is 4.79 Å². The van der Waals surface area contributed by atoms with Crippen LogP contribution >= 0.6 is 0 Å². The van der Waals surface area contributed by atoms with Crippen molar-refractivity contribution in [1.82, 2.24) is 9.80 Å². The van der Waals surface area contributed by atoms with E-state index < -0.39 is 0 Å². The molecular weight excluding hydrogens is 336 g/mol. The van der Waals surface area contributed by atoms with E-state index in [-0.39, 0.29) is 5.91 Å². The quantitative estimate of drug-likeness (QED) is 0.836. The van der Waals surface area contributed by atoms with E-state index in [0.717, 1.165) is 51.2 Å². The smallest absolute Gasteiger partial charge is 0.236 e. The lowest BCUT2D eigenvalue weighted by Gasteiger charge is -2.24. The molecule has 0 radical (unpaired) electrons. The molecule has 1 atom stereocenters. The van der Waals surface area contributed by atoms with Crippen LogP contribution in [-0.2, 0) is 17.6 Å². The Bertz CT molecular complexity index is 790. The van der Waals surface area contributed by atoms with Gasteiger partial charge in [-0.3, -0.25) is 9.69 Å². The summed E-state index contributed by atoms with van der Waals surface area (Å²) in [5.74, 6) is 1.72. The first-order chi connectivity index (χ1) is 13.2. The Balaban J connectivity index is 1.33. The number of methoxy groups -OCH3 is 1. The number of hydrogen-bond donors (Lipinski definition) is 0. The highest BCUT2D eigenvalue weighted by Gasteiger charge is 2.27. The first-order valence-corrected chi connectivity index (χ1v) is 9.94. The maximum absolute atomic E-state index is 12.9. The number of benzene rings is 2. The maximum Gasteiger partial charge on any atom is 0.236 e. The Morgan fingerprint density at radius 1 is 1.04 bits per heavy atom. The molecule has 2 aromatic carbocycles. The van der Waals surface area contributed by atoms with Crippen LogP contribution < -0.4 is 4.74 Å². The van der Waals surface area contributed by atoms with E-state index >= 15 is 0 Å². The van der Waals surface area contributed by atoms with Gasteiger partial charge in [-0.25, -0.2) is 0 Å². The second kappa shape index (κ2) is 8.13. The van der Waals surface area contributed by atoms with E-state index in [1.807, 2.05) is 11.0 Å². The molecule has 1 fully saturated rings. The summed E-state index contributed by atoms with van der Waals surface area (Å²) in [5, 5.41) is 0. The van der Waals surface area contributed by atoms with Crippen molar-refractivity contribution in [3.63, 3.8) is 0 Å². The largest absolute Gasteiger partial charge is 0.497 e. The predicted molar refractivity (Wildman–Crippen MR) is 107 cm³/mol. The fraction of sp³-hybridized carbons (Fsp3) is 0.435. The third kappa shape index (κ3) is 4.16. The fourth-order valence-corrected chi connectivity index (χ4v) is 4.34. The molecule has 0 N–H and O–H groups in total. The molecule has 2 heterocycles. The summed E-state index contributed by atoms with van der Waals surface area (Å²) in [6.07, 6.45) is 2.98. The monoisotopic (exact) mass is 364 g/mol. The van der Waals surface area contributed by atoms with Crippen molar-refractivity contribution in [2.24, 2.45) is 0 Å². The lowest BCUT2D eigenvalue weighted by molar-refractivity contribution is -0.132. The van der Waals surface area contributed by atoms with E-state index in [0.29, 0.717) is 12.5 Å². The van der Waals surface area contributed by atoms with Gasteiger partial charge in [-0.1, -0.05) is 36.4 Å². The van der Waals surface area contributed by atoms with Crippen LogP contribution in [-0.4, -0.2) is 55.5 Å². The maximum atomic E-state index is 12.9. The number of rotatable bonds is 4. The van der Waals surface area contributed by atoms with Crippen LogP contribution in [0.4, 0.5) is 0 Å². The van der Waals surface area contributed by atoms with Crippen LogP contribution in [0, 0.1) is 0 Å². The van der Waals surface area contributed by atoms with Crippen LogP contribution in [0.1, 0.15) is 29.0 Å². The molecule has 1 amide bonds. The van der Waals surface area contributed by atoms with Crippen LogP contribution in [0.3, 0.4) is 0 Å². The van der Waals surface area contributed by atoms with Gasteiger partial charge in [0, 0.05) is 19.6 Å². The normalized spacial score (nSPS) is 20.2. The van der Waals surface area contributed by atoms with Crippen molar-refractivity contribution in [1.29, 1.82) is 0 Å². The first kappa shape index (κ1) is 18.1. The minimum absolute atomic E-state index is 0.267. The zero-order valence-corrected chi connectivity index (χ0v) is 16.1. The highest BCUT2D eigenvalue weighted by Crippen LogP contribution is 2.27. The SMILES string of the molecule is COc1ccc2c(c1)CCN(C(=O)CN1CCC(c3ccccc3)C1)CC2. The Hall–Kier alpha value is -2.33. The van der Waals surface area contributed by atoms with Gasteiger partial charge in [0.1, 0.15) is 5.75 Å². The van der Waals surface area contributed by atoms with Crippen molar-refractivity contribution < 1.29 is 9.53 Å². The molecule has 1 unspecified atom stereocenters. The van der Waals surface area contributed by atoms with E-state index in [4.69, 9.17) is 4.74 Å². The van der Waals surface area contributed by atoms with Gasteiger partial charge in [-0.15, -0.1) is 0 Å². The molecule has 27 heavy (non-hydrogen) atoms. The number of fused-ring (bicyclic) bond motifs is 1. The molecule has 0 saturated carbocycles. The standard InChI is InChI=1S/C23H28N2O2/c1-27-22-8-7-19-10-13-25(14-11-20(19)15-22)23(26)17-24-12-9-21(16-24)18-5-3-2-4-6-18/h2-8,15,21H,9-14,16-17H2,1H3. The molecule has 2 aliphatic heterocycles. The molecule has 4 rings (SSSR count). The lowest BCUT2D eigenvalue weighted by Crippen LogP contribution is -2.40. The highest BCUT2D eigenvalue weighted by molar-refractivity contribution is 5.78. The number of carbonyl (C=O) groups is 1. The number of likely N-dealkylation sites (tertiary alicyclic amines) is 1. The van der Waals surface area contributed by atoms with Crippen LogP contribution in [0.2, 0.25) is 0 Å². The third-order valence-corrected chi connectivity index (χ3v) is 5.97. The van der Waals surface area contributed by atoms with Crippen molar-refractivity contribution >= 4 is 5.91 Å². The summed E-state index contributed by atoms with van der Waals surface area (Å²) >= 11 is 0. The molecular formula is C23H28N2O2. The Kier molecular flexibility index (Phi) is 5.44. The van der Waals surface area contributed by atoms with Crippen molar-refractivity contribution in [2.45, 2.75) is 25.2 Å². The molecule has 0 bridgehead atoms. The van der Waals surface area contributed by atoms with Crippen LogP contribution in [0.5, 0.6) is 5.75 Å². The highest BCUT2D eigenvalue weighted by atomic mass is 16.5. The Labute approximate surface area is 161 Å². The summed E-state index contributed by atoms with van der Waals surface area (Å²) in [6, 6.07) is 17.0. The van der Waals surface area contributed by atoms with Gasteiger partial charge in [-0.05, 0) is 60.5 Å². The van der Waals surface area contributed by atoms with Gasteiger partial charge < -0.3 is 9.64 Å². The lowest BCUT2D eigenvalue weighted by atomic mass is 9.99.